The molecule has 0 radical (unpaired) electrons. The number of amides is 4. The molecule has 69 heavy (non-hydrogen) atoms. The number of carbonyl (C=O) groups is 4. The van der Waals surface area contributed by atoms with Gasteiger partial charge in [-0.3, -0.25) is 24.1 Å². The van der Waals surface area contributed by atoms with Gasteiger partial charge in [-0.15, -0.1) is 11.3 Å². The number of nitriles is 1. The third-order valence-corrected chi connectivity index (χ3v) is 15.1. The molecular weight excluding hydrogens is 916 g/mol. The Kier molecular flexibility index (Phi) is 15.8. The van der Waals surface area contributed by atoms with Crippen molar-refractivity contribution in [3.63, 3.8) is 0 Å². The Hall–Kier alpha value is -5.57. The van der Waals surface area contributed by atoms with E-state index in [-0.39, 0.29) is 60.9 Å². The van der Waals surface area contributed by atoms with Crippen LogP contribution in [0.15, 0.2) is 72.2 Å². The number of nitrogens with one attached hydrogen (secondary N) is 3. The summed E-state index contributed by atoms with van der Waals surface area (Å²) < 4.78 is 12.2. The number of aliphatic hydroxyl groups excluding tert-OH is 1. The van der Waals surface area contributed by atoms with Crippen molar-refractivity contribution in [2.45, 2.75) is 98.7 Å². The molecule has 4 aromatic rings. The number of nitrogens with zero attached hydrogens (tertiary/aromatic N) is 5. The van der Waals surface area contributed by atoms with Crippen molar-refractivity contribution in [2.75, 3.05) is 57.4 Å². The molecule has 3 fully saturated rings. The SMILES string of the molecule is Cc1ncsc1-c1ccc(CNC(=O)[C@@H]2C[C@@H](O)CN2C(=O)[C@@H](NC(=O)COCCN2CCN(c3ccc(C(=O)N[C@H]4C(C)(C)[C@H](Oc5ccc(C#N)c(Cl)c5)C4(C)C)cc3)CC2)C(C)(C)C)cc1. The van der Waals surface area contributed by atoms with Crippen molar-refractivity contribution in [1.29, 1.82) is 5.26 Å². The van der Waals surface area contributed by atoms with Gasteiger partial charge in [0.05, 0.1) is 39.4 Å². The van der Waals surface area contributed by atoms with Crippen LogP contribution in [0.2, 0.25) is 5.02 Å². The zero-order valence-corrected chi connectivity index (χ0v) is 42.4. The third-order valence-electron chi connectivity index (χ3n) is 13.8. The number of thiazole rings is 1. The number of likely N-dealkylation sites (tertiary alicyclic amines) is 1. The van der Waals surface area contributed by atoms with Crippen LogP contribution in [0.4, 0.5) is 5.69 Å². The van der Waals surface area contributed by atoms with E-state index < -0.39 is 35.4 Å². The average molecular weight is 982 g/mol. The maximum absolute atomic E-state index is 14.1. The molecule has 3 atom stereocenters. The van der Waals surface area contributed by atoms with E-state index in [1.165, 1.54) is 4.90 Å². The summed E-state index contributed by atoms with van der Waals surface area (Å²) in [6, 6.07) is 20.7. The van der Waals surface area contributed by atoms with Gasteiger partial charge in [0.2, 0.25) is 17.7 Å². The molecule has 4 amide bonds. The Bertz CT molecular complexity index is 2510. The highest BCUT2D eigenvalue weighted by atomic mass is 35.5. The van der Waals surface area contributed by atoms with Gasteiger partial charge in [-0.2, -0.15) is 5.26 Å². The maximum atomic E-state index is 14.1. The standard InChI is InChI=1S/C52H65ClN8O7S/c1-32-43(69-31-56-32)34-11-9-33(10-12-34)28-55-46(65)41-25-38(62)29-61(41)47(66)44(50(2,3)4)57-42(63)30-67-24-23-59-19-21-60(22-20-59)37-16-13-35(14-17-37)45(64)58-48-51(5,6)49(52(48,7)8)68-39-18-15-36(27-54)40(53)26-39/h9-18,26,31,38,41,44,48-49,62H,19-25,28-30H2,1-8H3,(H,55,65)(H,57,63)(H,58,64)/t38-,41+,44-,48-,49-/m1/s1. The highest BCUT2D eigenvalue weighted by Gasteiger charge is 2.64. The summed E-state index contributed by atoms with van der Waals surface area (Å²) in [4.78, 5) is 65.6. The highest BCUT2D eigenvalue weighted by Crippen LogP contribution is 2.55. The number of aliphatic hydroxyl groups is 1. The van der Waals surface area contributed by atoms with E-state index in [2.05, 4.69) is 64.5 Å². The number of hydrogen-bond acceptors (Lipinski definition) is 12. The van der Waals surface area contributed by atoms with Crippen LogP contribution in [-0.4, -0.2) is 126 Å². The quantitative estimate of drug-likeness (QED) is 0.0936. The molecule has 3 aromatic carbocycles. The Morgan fingerprint density at radius 1 is 0.986 bits per heavy atom. The van der Waals surface area contributed by atoms with Gasteiger partial charge in [0, 0.05) is 86.4 Å². The first-order valence-electron chi connectivity index (χ1n) is 23.5. The summed E-state index contributed by atoms with van der Waals surface area (Å²) >= 11 is 7.83. The van der Waals surface area contributed by atoms with Gasteiger partial charge in [0.25, 0.3) is 5.91 Å². The summed E-state index contributed by atoms with van der Waals surface area (Å²) in [5, 5.41) is 29.2. The van der Waals surface area contributed by atoms with Gasteiger partial charge in [-0.25, -0.2) is 4.98 Å². The van der Waals surface area contributed by atoms with Crippen LogP contribution in [0.3, 0.4) is 0 Å². The van der Waals surface area contributed by atoms with Crippen LogP contribution >= 0.6 is 22.9 Å². The normalized spacial score (nSPS) is 21.4. The zero-order valence-electron chi connectivity index (χ0n) is 40.8. The van der Waals surface area contributed by atoms with Crippen molar-refractivity contribution in [3.8, 4) is 22.3 Å². The Morgan fingerprint density at radius 3 is 2.28 bits per heavy atom. The predicted octanol–water partition coefficient (Wildman–Crippen LogP) is 6.20. The monoisotopic (exact) mass is 980 g/mol. The first kappa shape index (κ1) is 51.3. The van der Waals surface area contributed by atoms with Crippen LogP contribution in [0, 0.1) is 34.5 Å². The Balaban J connectivity index is 0.823. The van der Waals surface area contributed by atoms with Gasteiger partial charge in [-0.05, 0) is 59.9 Å². The largest absolute Gasteiger partial charge is 0.489 e. The van der Waals surface area contributed by atoms with Crippen LogP contribution in [0.1, 0.15) is 82.1 Å². The number of benzene rings is 3. The molecule has 0 spiro atoms. The molecule has 1 aromatic heterocycles. The summed E-state index contributed by atoms with van der Waals surface area (Å²) in [7, 11) is 0. The van der Waals surface area contributed by atoms with E-state index in [0.717, 1.165) is 53.6 Å². The fourth-order valence-corrected chi connectivity index (χ4v) is 11.2. The van der Waals surface area contributed by atoms with E-state index in [1.54, 1.807) is 29.5 Å². The highest BCUT2D eigenvalue weighted by molar-refractivity contribution is 7.13. The van der Waals surface area contributed by atoms with E-state index in [1.807, 2.05) is 81.7 Å². The summed E-state index contributed by atoms with van der Waals surface area (Å²) in [6.07, 6.45) is -0.970. The molecule has 1 aliphatic carbocycles. The van der Waals surface area contributed by atoms with Gasteiger partial charge in [0.15, 0.2) is 0 Å². The van der Waals surface area contributed by atoms with E-state index in [9.17, 15) is 29.5 Å². The smallest absolute Gasteiger partial charge is 0.251 e. The average Bonchev–Trinajstić information content (AvgIpc) is 3.94. The van der Waals surface area contributed by atoms with Crippen LogP contribution < -0.4 is 25.6 Å². The van der Waals surface area contributed by atoms with Crippen molar-refractivity contribution in [1.82, 2.24) is 30.7 Å². The number of piperazine rings is 1. The first-order valence-corrected chi connectivity index (χ1v) is 24.8. The molecular formula is C52H65ClN8O7S. The number of anilines is 1. The molecule has 4 N–H and O–H groups in total. The minimum Gasteiger partial charge on any atom is -0.489 e. The van der Waals surface area contributed by atoms with Crippen LogP contribution in [-0.2, 0) is 25.7 Å². The van der Waals surface area contributed by atoms with E-state index in [4.69, 9.17) is 21.1 Å². The predicted molar refractivity (Wildman–Crippen MR) is 267 cm³/mol. The van der Waals surface area contributed by atoms with Crippen molar-refractivity contribution >= 4 is 52.3 Å². The lowest BCUT2D eigenvalue weighted by Crippen LogP contribution is -2.74. The van der Waals surface area contributed by atoms with Gasteiger partial charge < -0.3 is 40.3 Å². The summed E-state index contributed by atoms with van der Waals surface area (Å²) in [6.45, 7) is 19.9. The fraction of sp³-hybridized carbons (Fsp3) is 0.500. The number of hydrogen-bond donors (Lipinski definition) is 4. The first-order chi connectivity index (χ1) is 32.7. The zero-order chi connectivity index (χ0) is 49.8. The molecule has 2 saturated heterocycles. The molecule has 15 nitrogen and oxygen atoms in total. The number of ether oxygens (including phenoxy) is 2. The van der Waals surface area contributed by atoms with Crippen molar-refractivity contribution in [3.05, 3.63) is 99.6 Å². The molecule has 1 saturated carbocycles. The molecule has 0 unspecified atom stereocenters. The molecule has 2 aliphatic heterocycles. The van der Waals surface area contributed by atoms with Gasteiger partial charge in [-0.1, -0.05) is 84.3 Å². The maximum Gasteiger partial charge on any atom is 0.251 e. The topological polar surface area (TPSA) is 189 Å². The second-order valence-electron chi connectivity index (χ2n) is 20.7. The molecule has 7 rings (SSSR count). The van der Waals surface area contributed by atoms with E-state index in [0.29, 0.717) is 35.1 Å². The van der Waals surface area contributed by atoms with Crippen LogP contribution in [0.25, 0.3) is 10.4 Å². The molecule has 368 valence electrons. The number of carbonyl (C=O) groups excluding carboxylic acids is 4. The third kappa shape index (κ3) is 11.7. The number of halogens is 1. The molecule has 3 aliphatic rings. The van der Waals surface area contributed by atoms with Gasteiger partial charge in [0.1, 0.15) is 36.6 Å². The minimum absolute atomic E-state index is 0.00949. The van der Waals surface area contributed by atoms with Crippen molar-refractivity contribution in [2.24, 2.45) is 16.2 Å². The van der Waals surface area contributed by atoms with Gasteiger partial charge >= 0.3 is 0 Å². The fourth-order valence-electron chi connectivity index (χ4n) is 10.2. The Morgan fingerprint density at radius 2 is 1.67 bits per heavy atom. The van der Waals surface area contributed by atoms with Crippen molar-refractivity contribution < 1.29 is 33.8 Å². The lowest BCUT2D eigenvalue weighted by molar-refractivity contribution is -0.164. The minimum atomic E-state index is -0.953. The second kappa shape index (κ2) is 21.2. The Labute approximate surface area is 414 Å². The molecule has 17 heteroatoms. The lowest BCUT2D eigenvalue weighted by atomic mass is 9.49. The lowest BCUT2D eigenvalue weighted by Gasteiger charge is -2.63. The number of rotatable bonds is 16. The summed E-state index contributed by atoms with van der Waals surface area (Å²) in [5.74, 6) is -0.798. The van der Waals surface area contributed by atoms with Crippen LogP contribution in [0.5, 0.6) is 5.75 Å². The number of aromatic nitrogens is 1. The molecule has 3 heterocycles. The second-order valence-corrected chi connectivity index (χ2v) is 21.9. The molecule has 0 bridgehead atoms. The number of aryl methyl sites for hydroxylation is 1. The van der Waals surface area contributed by atoms with E-state index >= 15 is 0 Å². The summed E-state index contributed by atoms with van der Waals surface area (Å²) in [5.41, 5.74) is 5.27. The number of β-amino-alcohol motifs (C(OH)–C–C–N with tert-alkyl or cyclic N) is 1.